The van der Waals surface area contributed by atoms with E-state index in [0.717, 1.165) is 40.2 Å². The molecule has 4 rings (SSSR count). The summed E-state index contributed by atoms with van der Waals surface area (Å²) < 4.78 is 8.18. The molecule has 0 saturated heterocycles. The number of benzene rings is 1. The van der Waals surface area contributed by atoms with E-state index >= 15 is 0 Å². The third-order valence-corrected chi connectivity index (χ3v) is 4.98. The van der Waals surface area contributed by atoms with Gasteiger partial charge in [0.05, 0.1) is 6.10 Å². The van der Waals surface area contributed by atoms with Crippen LogP contribution in [-0.2, 0) is 0 Å². The Morgan fingerprint density at radius 2 is 1.88 bits per heavy atom. The molecule has 3 heterocycles. The van der Waals surface area contributed by atoms with Gasteiger partial charge in [0.25, 0.3) is 0 Å². The number of pyridine rings is 2. The predicted molar refractivity (Wildman–Crippen MR) is 103 cm³/mol. The second kappa shape index (κ2) is 6.75. The van der Waals surface area contributed by atoms with Crippen LogP contribution in [0.25, 0.3) is 28.1 Å². The van der Waals surface area contributed by atoms with E-state index in [1.807, 2.05) is 47.0 Å². The van der Waals surface area contributed by atoms with Gasteiger partial charge in [-0.3, -0.25) is 4.40 Å². The van der Waals surface area contributed by atoms with Crippen molar-refractivity contribution < 1.29 is 4.74 Å². The molecule has 0 spiro atoms. The van der Waals surface area contributed by atoms with Crippen LogP contribution >= 0.6 is 0 Å². The van der Waals surface area contributed by atoms with Gasteiger partial charge in [0.1, 0.15) is 17.0 Å². The zero-order chi connectivity index (χ0) is 18.1. The molecule has 0 aliphatic carbocycles. The number of hydrogen-bond acceptors (Lipinski definition) is 4. The normalized spacial score (nSPS) is 13.8. The molecule has 0 amide bonds. The Kier molecular flexibility index (Phi) is 4.29. The first-order valence-corrected chi connectivity index (χ1v) is 9.04. The Labute approximate surface area is 152 Å². The molecule has 0 fully saturated rings. The molecule has 26 heavy (non-hydrogen) atoms. The number of fused-ring (bicyclic) bond motifs is 2. The summed E-state index contributed by atoms with van der Waals surface area (Å²) in [4.78, 5) is 4.86. The van der Waals surface area contributed by atoms with Crippen LogP contribution in [0, 0.1) is 5.92 Å². The minimum Gasteiger partial charge on any atom is -0.488 e. The Hall–Kier alpha value is -2.95. The number of para-hydroxylation sites is 1. The third kappa shape index (κ3) is 2.90. The topological polar surface area (TPSA) is 52.3 Å². The summed E-state index contributed by atoms with van der Waals surface area (Å²) in [5, 5.41) is 9.59. The van der Waals surface area contributed by atoms with Gasteiger partial charge >= 0.3 is 0 Å². The highest BCUT2D eigenvalue weighted by molar-refractivity contribution is 5.86. The van der Waals surface area contributed by atoms with E-state index in [2.05, 4.69) is 43.1 Å². The highest BCUT2D eigenvalue weighted by Crippen LogP contribution is 2.29. The molecule has 0 N–H and O–H groups in total. The molecular formula is C21H22N4O. The molecule has 132 valence electrons. The summed E-state index contributed by atoms with van der Waals surface area (Å²) in [6.45, 7) is 6.50. The molecule has 0 radical (unpaired) electrons. The van der Waals surface area contributed by atoms with E-state index in [0.29, 0.717) is 5.92 Å². The molecule has 3 aromatic heterocycles. The first-order chi connectivity index (χ1) is 12.7. The van der Waals surface area contributed by atoms with E-state index in [4.69, 9.17) is 9.72 Å². The molecule has 1 unspecified atom stereocenters. The monoisotopic (exact) mass is 346 g/mol. The van der Waals surface area contributed by atoms with E-state index in [1.165, 1.54) is 0 Å². The molecule has 2 atom stereocenters. The van der Waals surface area contributed by atoms with Gasteiger partial charge in [0, 0.05) is 11.6 Å². The van der Waals surface area contributed by atoms with Crippen molar-refractivity contribution in [3.05, 3.63) is 54.7 Å². The van der Waals surface area contributed by atoms with Crippen molar-refractivity contribution in [1.82, 2.24) is 19.6 Å². The van der Waals surface area contributed by atoms with Crippen LogP contribution in [0.2, 0.25) is 0 Å². The quantitative estimate of drug-likeness (QED) is 0.523. The summed E-state index contributed by atoms with van der Waals surface area (Å²) in [5.41, 5.74) is 2.44. The smallest absolute Gasteiger partial charge is 0.187 e. The SMILES string of the molecule is CC[C@@H](C)C(C)Oc1cccc2ccc(-c3nnc4ccccn34)nc12. The maximum Gasteiger partial charge on any atom is 0.187 e. The fraction of sp³-hybridized carbons (Fsp3) is 0.286. The standard InChI is InChI=1S/C21H22N4O/c1-4-14(2)15(3)26-18-9-7-8-16-11-12-17(22-20(16)18)21-24-23-19-10-5-6-13-25(19)21/h5-15H,4H2,1-3H3/t14-,15?/m1/s1. The van der Waals surface area contributed by atoms with Crippen molar-refractivity contribution in [2.24, 2.45) is 5.92 Å². The lowest BCUT2D eigenvalue weighted by Crippen LogP contribution is -2.20. The van der Waals surface area contributed by atoms with Gasteiger partial charge in [-0.25, -0.2) is 4.98 Å². The lowest BCUT2D eigenvalue weighted by Gasteiger charge is -2.21. The Balaban J connectivity index is 1.80. The number of rotatable bonds is 5. The van der Waals surface area contributed by atoms with Gasteiger partial charge in [-0.2, -0.15) is 0 Å². The van der Waals surface area contributed by atoms with Gasteiger partial charge < -0.3 is 4.74 Å². The second-order valence-corrected chi connectivity index (χ2v) is 6.69. The van der Waals surface area contributed by atoms with Gasteiger partial charge in [-0.1, -0.05) is 44.5 Å². The third-order valence-electron chi connectivity index (χ3n) is 4.98. The first kappa shape index (κ1) is 16.5. The summed E-state index contributed by atoms with van der Waals surface area (Å²) in [6.07, 6.45) is 3.16. The molecule has 0 saturated carbocycles. The zero-order valence-corrected chi connectivity index (χ0v) is 15.3. The Bertz CT molecular complexity index is 1060. The average Bonchev–Trinajstić information content (AvgIpc) is 3.11. The van der Waals surface area contributed by atoms with E-state index in [9.17, 15) is 0 Å². The zero-order valence-electron chi connectivity index (χ0n) is 15.3. The van der Waals surface area contributed by atoms with E-state index < -0.39 is 0 Å². The molecular weight excluding hydrogens is 324 g/mol. The molecule has 0 aliphatic heterocycles. The van der Waals surface area contributed by atoms with Crippen LogP contribution in [0.3, 0.4) is 0 Å². The van der Waals surface area contributed by atoms with Crippen molar-refractivity contribution in [3.8, 4) is 17.3 Å². The number of aromatic nitrogens is 4. The maximum atomic E-state index is 6.23. The molecule has 5 nitrogen and oxygen atoms in total. The lowest BCUT2D eigenvalue weighted by atomic mass is 10.0. The molecule has 5 heteroatoms. The van der Waals surface area contributed by atoms with E-state index in [-0.39, 0.29) is 6.10 Å². The summed E-state index contributed by atoms with van der Waals surface area (Å²) >= 11 is 0. The highest BCUT2D eigenvalue weighted by atomic mass is 16.5. The maximum absolute atomic E-state index is 6.23. The number of ether oxygens (including phenoxy) is 1. The minimum absolute atomic E-state index is 0.130. The van der Waals surface area contributed by atoms with E-state index in [1.54, 1.807) is 0 Å². The lowest BCUT2D eigenvalue weighted by molar-refractivity contribution is 0.160. The van der Waals surface area contributed by atoms with Crippen LogP contribution in [0.1, 0.15) is 27.2 Å². The van der Waals surface area contributed by atoms with Gasteiger partial charge in [-0.15, -0.1) is 10.2 Å². The Morgan fingerprint density at radius 1 is 1.00 bits per heavy atom. The average molecular weight is 346 g/mol. The van der Waals surface area contributed by atoms with Crippen molar-refractivity contribution >= 4 is 16.6 Å². The van der Waals surface area contributed by atoms with Gasteiger partial charge in [0.2, 0.25) is 0 Å². The van der Waals surface area contributed by atoms with Crippen molar-refractivity contribution in [1.29, 1.82) is 0 Å². The first-order valence-electron chi connectivity index (χ1n) is 9.04. The fourth-order valence-corrected chi connectivity index (χ4v) is 3.00. The fourth-order valence-electron chi connectivity index (χ4n) is 3.00. The second-order valence-electron chi connectivity index (χ2n) is 6.69. The molecule has 4 aromatic rings. The Morgan fingerprint density at radius 3 is 2.73 bits per heavy atom. The molecule has 1 aromatic carbocycles. The highest BCUT2D eigenvalue weighted by Gasteiger charge is 2.15. The number of nitrogens with zero attached hydrogens (tertiary/aromatic N) is 4. The van der Waals surface area contributed by atoms with Crippen LogP contribution in [0.15, 0.2) is 54.7 Å². The van der Waals surface area contributed by atoms with Crippen LogP contribution in [0.4, 0.5) is 0 Å². The summed E-state index contributed by atoms with van der Waals surface area (Å²) in [5.74, 6) is 2.02. The van der Waals surface area contributed by atoms with Crippen LogP contribution in [-0.4, -0.2) is 25.7 Å². The van der Waals surface area contributed by atoms with Crippen molar-refractivity contribution in [2.45, 2.75) is 33.3 Å². The summed E-state index contributed by atoms with van der Waals surface area (Å²) in [7, 11) is 0. The largest absolute Gasteiger partial charge is 0.488 e. The van der Waals surface area contributed by atoms with Gasteiger partial charge in [0.15, 0.2) is 11.5 Å². The van der Waals surface area contributed by atoms with Crippen LogP contribution in [0.5, 0.6) is 5.75 Å². The van der Waals surface area contributed by atoms with Crippen molar-refractivity contribution in [3.63, 3.8) is 0 Å². The molecule has 0 bridgehead atoms. The van der Waals surface area contributed by atoms with Crippen molar-refractivity contribution in [2.75, 3.05) is 0 Å². The number of hydrogen-bond donors (Lipinski definition) is 0. The van der Waals surface area contributed by atoms with Gasteiger partial charge in [-0.05, 0) is 37.1 Å². The minimum atomic E-state index is 0.130. The summed E-state index contributed by atoms with van der Waals surface area (Å²) in [6, 6.07) is 15.9. The molecule has 0 aliphatic rings. The predicted octanol–water partition coefficient (Wildman–Crippen LogP) is 4.76. The van der Waals surface area contributed by atoms with Crippen LogP contribution < -0.4 is 4.74 Å².